The largest absolute Gasteiger partial charge is 0.381 e. The Morgan fingerprint density at radius 2 is 2.00 bits per heavy atom. The molecule has 0 aromatic carbocycles. The van der Waals surface area contributed by atoms with E-state index in [1.54, 1.807) is 6.20 Å². The smallest absolute Gasteiger partial charge is 0.223 e. The molecule has 1 aliphatic carbocycles. The molecule has 130 valence electrons. The van der Waals surface area contributed by atoms with Crippen molar-refractivity contribution in [3.8, 4) is 0 Å². The Bertz CT molecular complexity index is 584. The van der Waals surface area contributed by atoms with Crippen molar-refractivity contribution in [1.82, 2.24) is 10.3 Å². The lowest BCUT2D eigenvalue weighted by Crippen LogP contribution is -2.45. The van der Waals surface area contributed by atoms with Crippen molar-refractivity contribution in [2.45, 2.75) is 31.7 Å². The molecule has 1 aromatic rings. The van der Waals surface area contributed by atoms with Gasteiger partial charge in [0, 0.05) is 44.3 Å². The number of anilines is 1. The summed E-state index contributed by atoms with van der Waals surface area (Å²) >= 11 is 5.94. The summed E-state index contributed by atoms with van der Waals surface area (Å²) in [6.07, 6.45) is 5.95. The van der Waals surface area contributed by atoms with E-state index in [4.69, 9.17) is 16.3 Å². The van der Waals surface area contributed by atoms with Crippen molar-refractivity contribution in [3.05, 3.63) is 23.4 Å². The normalized spacial score (nSPS) is 28.1. The molecule has 3 heterocycles. The summed E-state index contributed by atoms with van der Waals surface area (Å²) in [6, 6.07) is 4.07. The molecule has 6 heteroatoms. The highest BCUT2D eigenvalue weighted by Gasteiger charge is 2.43. The second-order valence-corrected chi connectivity index (χ2v) is 7.68. The number of pyridine rings is 1. The number of carbonyl (C=O) groups is 1. The zero-order valence-electron chi connectivity index (χ0n) is 13.8. The van der Waals surface area contributed by atoms with E-state index in [-0.39, 0.29) is 17.9 Å². The lowest BCUT2D eigenvalue weighted by atomic mass is 9.95. The van der Waals surface area contributed by atoms with Gasteiger partial charge in [0.2, 0.25) is 5.91 Å². The molecule has 5 nitrogen and oxygen atoms in total. The molecular formula is C18H24ClN3O2. The maximum absolute atomic E-state index is 12.6. The van der Waals surface area contributed by atoms with E-state index in [1.165, 1.54) is 12.8 Å². The zero-order valence-corrected chi connectivity index (χ0v) is 14.5. The number of carbonyl (C=O) groups excluding carboxylic acids is 1. The summed E-state index contributed by atoms with van der Waals surface area (Å²) in [4.78, 5) is 19.3. The molecule has 0 unspecified atom stereocenters. The minimum absolute atomic E-state index is 0.112. The van der Waals surface area contributed by atoms with Crippen LogP contribution in [-0.4, -0.2) is 43.2 Å². The first-order valence-electron chi connectivity index (χ1n) is 8.95. The van der Waals surface area contributed by atoms with Gasteiger partial charge in [-0.15, -0.1) is 0 Å². The van der Waals surface area contributed by atoms with Crippen LogP contribution in [0.1, 0.15) is 25.7 Å². The van der Waals surface area contributed by atoms with E-state index < -0.39 is 0 Å². The van der Waals surface area contributed by atoms with Gasteiger partial charge in [0.05, 0.1) is 11.1 Å². The van der Waals surface area contributed by atoms with E-state index in [1.807, 2.05) is 12.1 Å². The van der Waals surface area contributed by atoms with Crippen molar-refractivity contribution < 1.29 is 9.53 Å². The molecule has 0 radical (unpaired) electrons. The number of amides is 1. The minimum Gasteiger partial charge on any atom is -0.381 e. The van der Waals surface area contributed by atoms with Gasteiger partial charge in [-0.05, 0) is 43.7 Å². The summed E-state index contributed by atoms with van der Waals surface area (Å²) < 4.78 is 5.37. The predicted molar refractivity (Wildman–Crippen MR) is 93.1 cm³/mol. The molecule has 4 rings (SSSR count). The maximum atomic E-state index is 12.6. The summed E-state index contributed by atoms with van der Waals surface area (Å²) in [5.41, 5.74) is 0. The fourth-order valence-corrected chi connectivity index (χ4v) is 4.10. The van der Waals surface area contributed by atoms with E-state index in [0.717, 1.165) is 37.7 Å². The van der Waals surface area contributed by atoms with Crippen molar-refractivity contribution in [2.75, 3.05) is 31.2 Å². The minimum atomic E-state index is 0.112. The van der Waals surface area contributed by atoms with Gasteiger partial charge in [0.15, 0.2) is 0 Å². The van der Waals surface area contributed by atoms with Crippen LogP contribution >= 0.6 is 11.6 Å². The number of rotatable bonds is 4. The van der Waals surface area contributed by atoms with Crippen LogP contribution in [0.25, 0.3) is 0 Å². The fraction of sp³-hybridized carbons (Fsp3) is 0.667. The van der Waals surface area contributed by atoms with Crippen LogP contribution in [0.5, 0.6) is 0 Å². The van der Waals surface area contributed by atoms with Crippen LogP contribution in [0.15, 0.2) is 18.3 Å². The molecule has 2 saturated heterocycles. The number of nitrogens with zero attached hydrogens (tertiary/aromatic N) is 2. The first-order valence-corrected chi connectivity index (χ1v) is 9.33. The van der Waals surface area contributed by atoms with Gasteiger partial charge in [-0.3, -0.25) is 4.79 Å². The molecule has 1 aromatic heterocycles. The monoisotopic (exact) mass is 349 g/mol. The number of hydrogen-bond acceptors (Lipinski definition) is 4. The molecule has 3 fully saturated rings. The van der Waals surface area contributed by atoms with Crippen molar-refractivity contribution in [2.24, 2.45) is 17.8 Å². The second kappa shape index (κ2) is 6.89. The van der Waals surface area contributed by atoms with E-state index in [0.29, 0.717) is 24.2 Å². The van der Waals surface area contributed by atoms with Crippen molar-refractivity contribution in [1.29, 1.82) is 0 Å². The molecule has 3 aliphatic rings. The lowest BCUT2D eigenvalue weighted by molar-refractivity contribution is -0.128. The molecule has 2 atom stereocenters. The van der Waals surface area contributed by atoms with Crippen molar-refractivity contribution >= 4 is 23.3 Å². The van der Waals surface area contributed by atoms with E-state index in [2.05, 4.69) is 15.2 Å². The number of aromatic nitrogens is 1. The molecular weight excluding hydrogens is 326 g/mol. The van der Waals surface area contributed by atoms with Crippen LogP contribution in [-0.2, 0) is 9.53 Å². The number of ether oxygens (including phenoxy) is 1. The number of halogens is 1. The summed E-state index contributed by atoms with van der Waals surface area (Å²) in [5.74, 6) is 2.56. The van der Waals surface area contributed by atoms with E-state index >= 15 is 0 Å². The van der Waals surface area contributed by atoms with Gasteiger partial charge in [-0.2, -0.15) is 0 Å². The molecule has 1 amide bonds. The van der Waals surface area contributed by atoms with Gasteiger partial charge < -0.3 is 15.0 Å². The topological polar surface area (TPSA) is 54.5 Å². The Labute approximate surface area is 147 Å². The van der Waals surface area contributed by atoms with E-state index in [9.17, 15) is 4.79 Å². The first-order chi connectivity index (χ1) is 11.7. The summed E-state index contributed by atoms with van der Waals surface area (Å²) in [6.45, 7) is 3.22. The van der Waals surface area contributed by atoms with Crippen LogP contribution in [0.4, 0.5) is 5.82 Å². The third-order valence-corrected chi connectivity index (χ3v) is 5.77. The highest BCUT2D eigenvalue weighted by molar-refractivity contribution is 6.30. The Balaban J connectivity index is 1.43. The molecule has 2 aliphatic heterocycles. The Morgan fingerprint density at radius 3 is 2.67 bits per heavy atom. The predicted octanol–water partition coefficient (Wildman–Crippen LogP) is 2.49. The van der Waals surface area contributed by atoms with Gasteiger partial charge in [-0.1, -0.05) is 11.6 Å². The third kappa shape index (κ3) is 3.52. The first kappa shape index (κ1) is 16.2. The number of nitrogens with one attached hydrogen (secondary N) is 1. The van der Waals surface area contributed by atoms with Gasteiger partial charge >= 0.3 is 0 Å². The fourth-order valence-electron chi connectivity index (χ4n) is 3.99. The maximum Gasteiger partial charge on any atom is 0.223 e. The lowest BCUT2D eigenvalue weighted by Gasteiger charge is -2.25. The highest BCUT2D eigenvalue weighted by atomic mass is 35.5. The van der Waals surface area contributed by atoms with Crippen LogP contribution in [0, 0.1) is 17.8 Å². The van der Waals surface area contributed by atoms with Crippen LogP contribution in [0.2, 0.25) is 5.02 Å². The molecule has 24 heavy (non-hydrogen) atoms. The Hall–Kier alpha value is -1.33. The quantitative estimate of drug-likeness (QED) is 0.907. The van der Waals surface area contributed by atoms with Crippen LogP contribution < -0.4 is 10.2 Å². The number of hydrogen-bond donors (Lipinski definition) is 1. The summed E-state index contributed by atoms with van der Waals surface area (Å²) in [7, 11) is 0. The van der Waals surface area contributed by atoms with Gasteiger partial charge in [0.1, 0.15) is 5.82 Å². The van der Waals surface area contributed by atoms with Crippen molar-refractivity contribution in [3.63, 3.8) is 0 Å². The second-order valence-electron chi connectivity index (χ2n) is 7.24. The SMILES string of the molecule is O=C(N[C@@H]1CN(c2ccc(Cl)cn2)C[C@H]1C1CC1)C1CCOCC1. The Kier molecular flexibility index (Phi) is 4.63. The zero-order chi connectivity index (χ0) is 16.5. The summed E-state index contributed by atoms with van der Waals surface area (Å²) in [5, 5.41) is 3.99. The van der Waals surface area contributed by atoms with Gasteiger partial charge in [0.25, 0.3) is 0 Å². The standard InChI is InChI=1S/C18H24ClN3O2/c19-14-3-4-17(20-9-14)22-10-15(12-1-2-12)16(11-22)21-18(23)13-5-7-24-8-6-13/h3-4,9,12-13,15-16H,1-2,5-8,10-11H2,(H,21,23)/t15-,16+/m0/s1. The third-order valence-electron chi connectivity index (χ3n) is 5.55. The van der Waals surface area contributed by atoms with Crippen LogP contribution in [0.3, 0.4) is 0 Å². The average Bonchev–Trinajstić information content (AvgIpc) is 3.37. The molecule has 1 N–H and O–H groups in total. The Morgan fingerprint density at radius 1 is 1.21 bits per heavy atom. The molecule has 1 saturated carbocycles. The average molecular weight is 350 g/mol. The highest BCUT2D eigenvalue weighted by Crippen LogP contribution is 2.42. The molecule has 0 bridgehead atoms. The van der Waals surface area contributed by atoms with Gasteiger partial charge in [-0.25, -0.2) is 4.98 Å². The molecule has 0 spiro atoms.